The molecular formula is C28H30N8O8. The fraction of sp³-hybridized carbons (Fsp3) is 0.464. The van der Waals surface area contributed by atoms with E-state index in [0.29, 0.717) is 32.4 Å². The second-order valence-corrected chi connectivity index (χ2v) is 11.0. The number of nitrogens with two attached hydrogens (primary N) is 1. The average molecular weight is 607 g/mol. The number of amides is 2. The molecule has 5 N–H and O–H groups in total. The van der Waals surface area contributed by atoms with Crippen molar-refractivity contribution in [2.75, 3.05) is 18.8 Å². The van der Waals surface area contributed by atoms with Gasteiger partial charge in [-0.2, -0.15) is 0 Å². The summed E-state index contributed by atoms with van der Waals surface area (Å²) in [4.78, 5) is 49.8. The molecule has 4 heterocycles. The molecule has 1 aliphatic carbocycles. The van der Waals surface area contributed by atoms with Crippen LogP contribution < -0.4 is 15.8 Å². The van der Waals surface area contributed by atoms with Gasteiger partial charge in [0.2, 0.25) is 5.82 Å². The first-order valence-corrected chi connectivity index (χ1v) is 14.2. The topological polar surface area (TPSA) is 221 Å². The van der Waals surface area contributed by atoms with Gasteiger partial charge in [-0.05, 0) is 49.7 Å². The highest BCUT2D eigenvalue weighted by Crippen LogP contribution is 2.33. The number of carbonyl (C=O) groups excluding carboxylic acids is 2. The number of hydrogen-bond acceptors (Lipinski definition) is 12. The lowest BCUT2D eigenvalue weighted by molar-refractivity contribution is -0.384. The molecule has 0 unspecified atom stereocenters. The van der Waals surface area contributed by atoms with E-state index in [1.165, 1.54) is 35.2 Å². The maximum absolute atomic E-state index is 12.5. The summed E-state index contributed by atoms with van der Waals surface area (Å²) >= 11 is 0. The van der Waals surface area contributed by atoms with Crippen molar-refractivity contribution in [1.82, 2.24) is 29.7 Å². The summed E-state index contributed by atoms with van der Waals surface area (Å²) in [5, 5.41) is 34.7. The van der Waals surface area contributed by atoms with E-state index in [2.05, 4.69) is 32.1 Å². The molecule has 16 nitrogen and oxygen atoms in total. The van der Waals surface area contributed by atoms with Gasteiger partial charge in [0, 0.05) is 37.7 Å². The van der Waals surface area contributed by atoms with Crippen LogP contribution in [0.5, 0.6) is 5.75 Å². The van der Waals surface area contributed by atoms with Crippen molar-refractivity contribution < 1.29 is 34.2 Å². The van der Waals surface area contributed by atoms with Crippen LogP contribution in [0.4, 0.5) is 16.3 Å². The number of nitro benzene ring substituents is 1. The number of carbonyl (C=O) groups is 2. The maximum atomic E-state index is 12.5. The van der Waals surface area contributed by atoms with Crippen molar-refractivity contribution in [2.45, 2.75) is 62.7 Å². The molecule has 2 amide bonds. The molecular weight excluding hydrogens is 576 g/mol. The van der Waals surface area contributed by atoms with Crippen molar-refractivity contribution in [3.05, 3.63) is 46.5 Å². The van der Waals surface area contributed by atoms with Crippen LogP contribution in [-0.2, 0) is 9.53 Å². The van der Waals surface area contributed by atoms with E-state index in [9.17, 15) is 29.9 Å². The van der Waals surface area contributed by atoms with Crippen LogP contribution in [0.1, 0.15) is 44.2 Å². The predicted molar refractivity (Wildman–Crippen MR) is 152 cm³/mol. The molecule has 16 heteroatoms. The Kier molecular flexibility index (Phi) is 7.99. The molecule has 2 saturated heterocycles. The standard InChI is InChI=1S/C28H30N8O8/c29-24-20-25(35(14-30-20)27-22(38)21(37)23(44-27)26(39)31-16-4-5-16)33-19(32-24)3-1-2-15-10-12-34(13-11-15)28(40)43-18-8-6-17(7-9-18)36(41)42/h6-9,14-16,21-23,27,37-38H,2,4-5,10-13H2,(H,31,39)(H2,29,32,33)/t21-,22+,23+,27-/m1/s1. The lowest BCUT2D eigenvalue weighted by Crippen LogP contribution is -2.43. The van der Waals surface area contributed by atoms with Crippen LogP contribution in [-0.4, -0.2) is 89.0 Å². The second-order valence-electron chi connectivity index (χ2n) is 11.0. The number of imidazole rings is 1. The number of nitrogens with one attached hydrogen (secondary N) is 1. The van der Waals surface area contributed by atoms with Crippen LogP contribution in [0.2, 0.25) is 0 Å². The molecule has 3 aliphatic rings. The first kappa shape index (κ1) is 29.2. The fourth-order valence-corrected chi connectivity index (χ4v) is 5.19. The molecule has 4 atom stereocenters. The number of likely N-dealkylation sites (tertiary alicyclic amines) is 1. The SMILES string of the molecule is Nc1nc(C#CCC2CCN(C(=O)Oc3ccc([N+](=O)[O-])cc3)CC2)nc2c1ncn2[C@@H]1O[C@H](C(=O)NC2CC2)[C@H](O)[C@@H]1O. The monoisotopic (exact) mass is 606 g/mol. The summed E-state index contributed by atoms with van der Waals surface area (Å²) in [5.41, 5.74) is 6.52. The minimum atomic E-state index is -1.44. The Morgan fingerprint density at radius 2 is 1.86 bits per heavy atom. The van der Waals surface area contributed by atoms with Crippen molar-refractivity contribution in [3.63, 3.8) is 0 Å². The number of nitro groups is 1. The number of aliphatic hydroxyl groups is 2. The number of fused-ring (bicyclic) bond motifs is 1. The molecule has 6 rings (SSSR count). The zero-order chi connectivity index (χ0) is 31.0. The number of aromatic nitrogens is 4. The molecule has 1 saturated carbocycles. The Bertz CT molecular complexity index is 1640. The number of benzene rings is 1. The fourth-order valence-electron chi connectivity index (χ4n) is 5.19. The summed E-state index contributed by atoms with van der Waals surface area (Å²) < 4.78 is 12.5. The van der Waals surface area contributed by atoms with Gasteiger partial charge in [-0.15, -0.1) is 0 Å². The summed E-state index contributed by atoms with van der Waals surface area (Å²) in [6.07, 6.45) is -0.721. The Morgan fingerprint density at radius 1 is 1.14 bits per heavy atom. The minimum Gasteiger partial charge on any atom is -0.410 e. The van der Waals surface area contributed by atoms with E-state index in [1.807, 2.05) is 0 Å². The van der Waals surface area contributed by atoms with Crippen molar-refractivity contribution in [3.8, 4) is 17.6 Å². The Labute approximate surface area is 250 Å². The molecule has 3 aromatic rings. The molecule has 0 radical (unpaired) electrons. The normalized spacial score (nSPS) is 23.6. The van der Waals surface area contributed by atoms with Crippen LogP contribution in [0.15, 0.2) is 30.6 Å². The van der Waals surface area contributed by atoms with Crippen molar-refractivity contribution in [2.24, 2.45) is 5.92 Å². The highest BCUT2D eigenvalue weighted by Gasteiger charge is 2.48. The number of aliphatic hydroxyl groups excluding tert-OH is 2. The summed E-state index contributed by atoms with van der Waals surface area (Å²) in [6, 6.07) is 5.39. The largest absolute Gasteiger partial charge is 0.415 e. The lowest BCUT2D eigenvalue weighted by Gasteiger charge is -2.30. The van der Waals surface area contributed by atoms with E-state index < -0.39 is 41.5 Å². The molecule has 230 valence electrons. The summed E-state index contributed by atoms with van der Waals surface area (Å²) in [5.74, 6) is 6.19. The van der Waals surface area contributed by atoms with E-state index in [1.54, 1.807) is 4.90 Å². The summed E-state index contributed by atoms with van der Waals surface area (Å²) in [7, 11) is 0. The van der Waals surface area contributed by atoms with Gasteiger partial charge in [-0.1, -0.05) is 5.92 Å². The number of hydrogen-bond donors (Lipinski definition) is 4. The van der Waals surface area contributed by atoms with Crippen LogP contribution in [0.3, 0.4) is 0 Å². The van der Waals surface area contributed by atoms with E-state index in [-0.39, 0.29) is 46.2 Å². The number of rotatable bonds is 6. The van der Waals surface area contributed by atoms with E-state index in [0.717, 1.165) is 12.8 Å². The van der Waals surface area contributed by atoms with Crippen molar-refractivity contribution >= 4 is 34.7 Å². The lowest BCUT2D eigenvalue weighted by atomic mass is 9.94. The Morgan fingerprint density at radius 3 is 2.55 bits per heavy atom. The van der Waals surface area contributed by atoms with Gasteiger partial charge in [0.15, 0.2) is 23.8 Å². The summed E-state index contributed by atoms with van der Waals surface area (Å²) in [6.45, 7) is 0.948. The van der Waals surface area contributed by atoms with E-state index >= 15 is 0 Å². The number of anilines is 1. The number of nitrogens with zero attached hydrogens (tertiary/aromatic N) is 6. The Balaban J connectivity index is 1.06. The molecule has 2 aliphatic heterocycles. The van der Waals surface area contributed by atoms with Gasteiger partial charge in [0.25, 0.3) is 11.6 Å². The number of nitrogen functional groups attached to an aromatic ring is 1. The molecule has 3 fully saturated rings. The third-order valence-corrected chi connectivity index (χ3v) is 7.86. The molecule has 0 spiro atoms. The first-order valence-electron chi connectivity index (χ1n) is 14.2. The smallest absolute Gasteiger partial charge is 0.410 e. The second kappa shape index (κ2) is 12.0. The van der Waals surface area contributed by atoms with Crippen LogP contribution in [0, 0.1) is 27.9 Å². The van der Waals surface area contributed by atoms with Gasteiger partial charge >= 0.3 is 6.09 Å². The number of piperidine rings is 1. The van der Waals surface area contributed by atoms with Crippen LogP contribution >= 0.6 is 0 Å². The first-order chi connectivity index (χ1) is 21.2. The molecule has 1 aromatic carbocycles. The zero-order valence-electron chi connectivity index (χ0n) is 23.4. The highest BCUT2D eigenvalue weighted by atomic mass is 16.6. The van der Waals surface area contributed by atoms with Gasteiger partial charge in [-0.25, -0.2) is 19.7 Å². The van der Waals surface area contributed by atoms with Crippen LogP contribution in [0.25, 0.3) is 11.2 Å². The van der Waals surface area contributed by atoms with Gasteiger partial charge in [0.05, 0.1) is 11.3 Å². The highest BCUT2D eigenvalue weighted by molar-refractivity contribution is 5.83. The number of ether oxygens (including phenoxy) is 2. The van der Waals surface area contributed by atoms with Crippen molar-refractivity contribution in [1.29, 1.82) is 0 Å². The third-order valence-electron chi connectivity index (χ3n) is 7.86. The minimum absolute atomic E-state index is 0.0655. The molecule has 0 bridgehead atoms. The molecule has 44 heavy (non-hydrogen) atoms. The number of non-ortho nitro benzene ring substituents is 1. The van der Waals surface area contributed by atoms with Gasteiger partial charge in [0.1, 0.15) is 23.5 Å². The quantitative estimate of drug-likeness (QED) is 0.174. The average Bonchev–Trinajstić information content (AvgIpc) is 3.64. The third kappa shape index (κ3) is 6.11. The maximum Gasteiger partial charge on any atom is 0.415 e. The molecule has 2 aromatic heterocycles. The Hall–Kier alpha value is -4.85. The van der Waals surface area contributed by atoms with Gasteiger partial charge < -0.3 is 35.6 Å². The van der Waals surface area contributed by atoms with E-state index in [4.69, 9.17) is 15.2 Å². The van der Waals surface area contributed by atoms with Gasteiger partial charge in [-0.3, -0.25) is 19.5 Å². The zero-order valence-corrected chi connectivity index (χ0v) is 23.4. The predicted octanol–water partition coefficient (Wildman–Crippen LogP) is 0.867.